The molecule has 0 radical (unpaired) electrons. The molecular weight excluding hydrogens is 244 g/mol. The molecule has 1 heterocycles. The van der Waals surface area contributed by atoms with Crippen molar-refractivity contribution >= 4 is 17.6 Å². The summed E-state index contributed by atoms with van der Waals surface area (Å²) in [5.74, 6) is -1.19. The van der Waals surface area contributed by atoms with Crippen molar-refractivity contribution in [2.75, 3.05) is 12.3 Å². The first-order valence-corrected chi connectivity index (χ1v) is 6.40. The summed E-state index contributed by atoms with van der Waals surface area (Å²) in [7, 11) is 0. The van der Waals surface area contributed by atoms with Gasteiger partial charge < -0.3 is 15.7 Å². The highest BCUT2D eigenvalue weighted by atomic mass is 16.4. The van der Waals surface area contributed by atoms with Crippen molar-refractivity contribution in [2.24, 2.45) is 0 Å². The van der Waals surface area contributed by atoms with E-state index in [2.05, 4.69) is 0 Å². The molecule has 1 atom stereocenters. The number of benzene rings is 1. The fourth-order valence-electron chi connectivity index (χ4n) is 2.37. The Morgan fingerprint density at radius 2 is 2.11 bits per heavy atom. The summed E-state index contributed by atoms with van der Waals surface area (Å²) < 4.78 is 0. The summed E-state index contributed by atoms with van der Waals surface area (Å²) >= 11 is 0. The molecule has 1 aliphatic heterocycles. The van der Waals surface area contributed by atoms with E-state index in [0.29, 0.717) is 24.2 Å². The first-order valence-electron chi connectivity index (χ1n) is 6.40. The number of nitrogens with two attached hydrogens (primary N) is 1. The molecule has 19 heavy (non-hydrogen) atoms. The summed E-state index contributed by atoms with van der Waals surface area (Å²) in [5.41, 5.74) is 7.71. The first-order chi connectivity index (χ1) is 9.00. The van der Waals surface area contributed by atoms with Crippen LogP contribution in [0.2, 0.25) is 0 Å². The van der Waals surface area contributed by atoms with Gasteiger partial charge in [-0.05, 0) is 43.9 Å². The van der Waals surface area contributed by atoms with Crippen LogP contribution in [-0.4, -0.2) is 34.5 Å². The standard InChI is InChI=1S/C14H18N2O3/c1-9-5-6-10(8-11(9)15)13(17)16-7-3-2-4-12(16)14(18)19/h5-6,8,12H,2-4,7,15H2,1H3,(H,18,19). The Morgan fingerprint density at radius 3 is 2.74 bits per heavy atom. The van der Waals surface area contributed by atoms with Gasteiger partial charge in [0.15, 0.2) is 0 Å². The third kappa shape index (κ3) is 2.70. The van der Waals surface area contributed by atoms with E-state index in [0.717, 1.165) is 18.4 Å². The van der Waals surface area contributed by atoms with Gasteiger partial charge >= 0.3 is 5.97 Å². The summed E-state index contributed by atoms with van der Waals surface area (Å²) in [6, 6.07) is 4.37. The normalized spacial score (nSPS) is 19.2. The van der Waals surface area contributed by atoms with E-state index < -0.39 is 12.0 Å². The van der Waals surface area contributed by atoms with Crippen LogP contribution in [0.1, 0.15) is 35.2 Å². The van der Waals surface area contributed by atoms with Crippen LogP contribution in [0, 0.1) is 6.92 Å². The fourth-order valence-corrected chi connectivity index (χ4v) is 2.37. The Kier molecular flexibility index (Phi) is 3.74. The zero-order valence-electron chi connectivity index (χ0n) is 10.9. The number of carbonyl (C=O) groups excluding carboxylic acids is 1. The van der Waals surface area contributed by atoms with Crippen molar-refractivity contribution in [3.8, 4) is 0 Å². The summed E-state index contributed by atoms with van der Waals surface area (Å²) in [6.45, 7) is 2.36. The summed E-state index contributed by atoms with van der Waals surface area (Å²) in [5, 5.41) is 9.18. The Labute approximate surface area is 112 Å². The summed E-state index contributed by atoms with van der Waals surface area (Å²) in [4.78, 5) is 25.0. The van der Waals surface area contributed by atoms with E-state index in [-0.39, 0.29) is 5.91 Å². The van der Waals surface area contributed by atoms with Crippen molar-refractivity contribution in [1.29, 1.82) is 0 Å². The minimum absolute atomic E-state index is 0.251. The number of hydrogen-bond acceptors (Lipinski definition) is 3. The lowest BCUT2D eigenvalue weighted by Crippen LogP contribution is -2.48. The number of hydrogen-bond donors (Lipinski definition) is 2. The molecule has 0 bridgehead atoms. The molecule has 3 N–H and O–H groups in total. The van der Waals surface area contributed by atoms with E-state index >= 15 is 0 Å². The maximum Gasteiger partial charge on any atom is 0.326 e. The fraction of sp³-hybridized carbons (Fsp3) is 0.429. The Balaban J connectivity index is 2.26. The van der Waals surface area contributed by atoms with Gasteiger partial charge in [-0.3, -0.25) is 4.79 Å². The lowest BCUT2D eigenvalue weighted by atomic mass is 10.0. The van der Waals surface area contributed by atoms with Crippen molar-refractivity contribution < 1.29 is 14.7 Å². The second-order valence-electron chi connectivity index (χ2n) is 4.92. The maximum atomic E-state index is 12.4. The van der Waals surface area contributed by atoms with E-state index in [9.17, 15) is 14.7 Å². The highest BCUT2D eigenvalue weighted by molar-refractivity contribution is 5.97. The highest BCUT2D eigenvalue weighted by Gasteiger charge is 2.32. The Morgan fingerprint density at radius 1 is 1.37 bits per heavy atom. The molecule has 1 fully saturated rings. The average molecular weight is 262 g/mol. The molecule has 102 valence electrons. The molecule has 1 saturated heterocycles. The van der Waals surface area contributed by atoms with E-state index in [1.54, 1.807) is 18.2 Å². The number of amides is 1. The first kappa shape index (κ1) is 13.4. The lowest BCUT2D eigenvalue weighted by Gasteiger charge is -2.33. The molecule has 1 aromatic carbocycles. The molecule has 2 rings (SSSR count). The van der Waals surface area contributed by atoms with Gasteiger partial charge in [-0.1, -0.05) is 6.07 Å². The number of carbonyl (C=O) groups is 2. The molecule has 1 unspecified atom stereocenters. The van der Waals surface area contributed by atoms with Crippen LogP contribution < -0.4 is 5.73 Å². The number of aryl methyl sites for hydroxylation is 1. The number of carboxylic acids is 1. The van der Waals surface area contributed by atoms with Crippen LogP contribution in [0.15, 0.2) is 18.2 Å². The van der Waals surface area contributed by atoms with Gasteiger partial charge in [0.05, 0.1) is 0 Å². The number of anilines is 1. The second-order valence-corrected chi connectivity index (χ2v) is 4.92. The number of carboxylic acid groups (broad SMARTS) is 1. The van der Waals surface area contributed by atoms with E-state index in [1.807, 2.05) is 6.92 Å². The third-order valence-electron chi connectivity index (χ3n) is 3.57. The second kappa shape index (κ2) is 5.30. The van der Waals surface area contributed by atoms with Crippen molar-refractivity contribution in [3.63, 3.8) is 0 Å². The quantitative estimate of drug-likeness (QED) is 0.794. The number of aliphatic carboxylic acids is 1. The average Bonchev–Trinajstić information content (AvgIpc) is 2.41. The minimum atomic E-state index is -0.937. The predicted molar refractivity (Wildman–Crippen MR) is 71.9 cm³/mol. The van der Waals surface area contributed by atoms with Gasteiger partial charge in [-0.25, -0.2) is 4.79 Å². The summed E-state index contributed by atoms with van der Waals surface area (Å²) in [6.07, 6.45) is 2.20. The molecule has 1 amide bonds. The van der Waals surface area contributed by atoms with Crippen LogP contribution in [0.5, 0.6) is 0 Å². The molecule has 0 saturated carbocycles. The van der Waals surface area contributed by atoms with Crippen LogP contribution in [0.25, 0.3) is 0 Å². The van der Waals surface area contributed by atoms with Crippen LogP contribution >= 0.6 is 0 Å². The molecule has 0 aromatic heterocycles. The smallest absolute Gasteiger partial charge is 0.326 e. The maximum absolute atomic E-state index is 12.4. The third-order valence-corrected chi connectivity index (χ3v) is 3.57. The van der Waals surface area contributed by atoms with E-state index in [4.69, 9.17) is 5.73 Å². The molecule has 5 heteroatoms. The molecule has 5 nitrogen and oxygen atoms in total. The lowest BCUT2D eigenvalue weighted by molar-refractivity contribution is -0.143. The van der Waals surface area contributed by atoms with E-state index in [1.165, 1.54) is 4.90 Å². The van der Waals surface area contributed by atoms with Crippen LogP contribution in [0.4, 0.5) is 5.69 Å². The number of likely N-dealkylation sites (tertiary alicyclic amines) is 1. The van der Waals surface area contributed by atoms with Gasteiger partial charge in [-0.15, -0.1) is 0 Å². The topological polar surface area (TPSA) is 83.6 Å². The SMILES string of the molecule is Cc1ccc(C(=O)N2CCCCC2C(=O)O)cc1N. The van der Waals surface area contributed by atoms with Crippen molar-refractivity contribution in [2.45, 2.75) is 32.2 Å². The van der Waals surface area contributed by atoms with Crippen molar-refractivity contribution in [3.05, 3.63) is 29.3 Å². The van der Waals surface area contributed by atoms with Gasteiger partial charge in [0.1, 0.15) is 6.04 Å². The molecule has 1 aliphatic rings. The molecule has 1 aromatic rings. The molecular formula is C14H18N2O3. The minimum Gasteiger partial charge on any atom is -0.480 e. The Hall–Kier alpha value is -2.04. The Bertz CT molecular complexity index is 513. The zero-order valence-corrected chi connectivity index (χ0v) is 10.9. The van der Waals surface area contributed by atoms with Gasteiger partial charge in [-0.2, -0.15) is 0 Å². The molecule has 0 aliphatic carbocycles. The number of rotatable bonds is 2. The number of nitrogen functional groups attached to an aromatic ring is 1. The van der Waals surface area contributed by atoms with Gasteiger partial charge in [0.2, 0.25) is 0 Å². The van der Waals surface area contributed by atoms with Crippen LogP contribution in [0.3, 0.4) is 0 Å². The van der Waals surface area contributed by atoms with Gasteiger partial charge in [0.25, 0.3) is 5.91 Å². The monoisotopic (exact) mass is 262 g/mol. The largest absolute Gasteiger partial charge is 0.480 e. The highest BCUT2D eigenvalue weighted by Crippen LogP contribution is 2.21. The number of piperidine rings is 1. The predicted octanol–water partition coefficient (Wildman–Crippen LogP) is 1.66. The van der Waals surface area contributed by atoms with Crippen LogP contribution in [-0.2, 0) is 4.79 Å². The van der Waals surface area contributed by atoms with Crippen molar-refractivity contribution in [1.82, 2.24) is 4.90 Å². The number of nitrogens with zero attached hydrogens (tertiary/aromatic N) is 1. The zero-order chi connectivity index (χ0) is 14.0. The van der Waals surface area contributed by atoms with Gasteiger partial charge in [0, 0.05) is 17.8 Å². The molecule has 0 spiro atoms.